The lowest BCUT2D eigenvalue weighted by molar-refractivity contribution is -0.136. The summed E-state index contributed by atoms with van der Waals surface area (Å²) in [5.41, 5.74) is 6.10. The van der Waals surface area contributed by atoms with E-state index in [0.717, 1.165) is 25.0 Å². The second-order valence-electron chi connectivity index (χ2n) is 4.96. The normalized spacial score (nSPS) is 19.0. The second kappa shape index (κ2) is 5.49. The van der Waals surface area contributed by atoms with Crippen LogP contribution in [0.2, 0.25) is 0 Å². The zero-order valence-corrected chi connectivity index (χ0v) is 10.4. The van der Waals surface area contributed by atoms with Crippen LogP contribution >= 0.6 is 0 Å². The van der Waals surface area contributed by atoms with Crippen molar-refractivity contribution in [1.82, 2.24) is 15.3 Å². The fourth-order valence-electron chi connectivity index (χ4n) is 2.28. The number of aliphatic hydroxyl groups is 1. The maximum Gasteiger partial charge on any atom is 0.227 e. The maximum absolute atomic E-state index is 12.1. The summed E-state index contributed by atoms with van der Waals surface area (Å²) >= 11 is 0. The van der Waals surface area contributed by atoms with E-state index in [1.807, 2.05) is 0 Å². The molecule has 100 valence electrons. The number of nitrogens with one attached hydrogen (secondary N) is 2. The van der Waals surface area contributed by atoms with Gasteiger partial charge in [0.15, 0.2) is 0 Å². The van der Waals surface area contributed by atoms with Crippen LogP contribution in [-0.4, -0.2) is 40.2 Å². The van der Waals surface area contributed by atoms with Crippen molar-refractivity contribution < 1.29 is 9.90 Å². The highest BCUT2D eigenvalue weighted by atomic mass is 16.3. The summed E-state index contributed by atoms with van der Waals surface area (Å²) in [4.78, 5) is 19.1. The average molecular weight is 252 g/mol. The number of aromatic amines is 1. The Bertz CT molecular complexity index is 381. The number of amides is 1. The van der Waals surface area contributed by atoms with Crippen LogP contribution in [0.1, 0.15) is 25.0 Å². The molecular weight excluding hydrogens is 232 g/mol. The summed E-state index contributed by atoms with van der Waals surface area (Å²) in [6.07, 6.45) is 6.60. The minimum Gasteiger partial charge on any atom is -0.394 e. The van der Waals surface area contributed by atoms with Crippen LogP contribution in [0.15, 0.2) is 12.5 Å². The molecule has 1 atom stereocenters. The van der Waals surface area contributed by atoms with Crippen molar-refractivity contribution in [3.63, 3.8) is 0 Å². The van der Waals surface area contributed by atoms with E-state index in [2.05, 4.69) is 15.3 Å². The van der Waals surface area contributed by atoms with Gasteiger partial charge in [0.1, 0.15) is 0 Å². The van der Waals surface area contributed by atoms with Crippen molar-refractivity contribution in [3.05, 3.63) is 18.2 Å². The topological polar surface area (TPSA) is 104 Å². The molecule has 0 bridgehead atoms. The Balaban J connectivity index is 1.91. The van der Waals surface area contributed by atoms with Crippen molar-refractivity contribution in [2.24, 2.45) is 11.1 Å². The lowest BCUT2D eigenvalue weighted by Crippen LogP contribution is -2.54. The van der Waals surface area contributed by atoms with Gasteiger partial charge >= 0.3 is 0 Å². The molecule has 18 heavy (non-hydrogen) atoms. The fraction of sp³-hybridized carbons (Fsp3) is 0.667. The average Bonchev–Trinajstić information content (AvgIpc) is 2.80. The lowest BCUT2D eigenvalue weighted by Gasteiger charge is -2.40. The third kappa shape index (κ3) is 2.54. The Morgan fingerprint density at radius 3 is 2.89 bits per heavy atom. The summed E-state index contributed by atoms with van der Waals surface area (Å²) in [5.74, 6) is -0.0363. The van der Waals surface area contributed by atoms with Crippen molar-refractivity contribution in [2.45, 2.75) is 31.7 Å². The number of rotatable bonds is 6. The van der Waals surface area contributed by atoms with E-state index in [1.54, 1.807) is 12.5 Å². The van der Waals surface area contributed by atoms with Gasteiger partial charge in [0.25, 0.3) is 0 Å². The van der Waals surface area contributed by atoms with Gasteiger partial charge in [-0.15, -0.1) is 0 Å². The smallest absolute Gasteiger partial charge is 0.227 e. The lowest BCUT2D eigenvalue weighted by atomic mass is 9.68. The predicted molar refractivity (Wildman–Crippen MR) is 66.6 cm³/mol. The molecule has 1 aliphatic rings. The molecule has 0 spiro atoms. The Hall–Kier alpha value is -1.40. The molecule has 1 saturated carbocycles. The molecule has 1 aromatic rings. The standard InChI is InChI=1S/C12H20N4O2/c13-7-12(2-1-3-12)11(18)16-10(6-17)4-9-5-14-8-15-9/h5,8,10,17H,1-4,6-7,13H2,(H,14,15)(H,16,18). The number of imidazole rings is 1. The quantitative estimate of drug-likeness (QED) is 0.551. The van der Waals surface area contributed by atoms with Crippen molar-refractivity contribution in [3.8, 4) is 0 Å². The number of carbonyl (C=O) groups excluding carboxylic acids is 1. The Kier molecular flexibility index (Phi) is 3.98. The Morgan fingerprint density at radius 2 is 2.44 bits per heavy atom. The number of nitrogens with zero attached hydrogens (tertiary/aromatic N) is 1. The molecule has 5 N–H and O–H groups in total. The first kappa shape index (κ1) is 13.0. The van der Waals surface area contributed by atoms with Gasteiger partial charge in [-0.2, -0.15) is 0 Å². The zero-order chi connectivity index (χ0) is 13.0. The predicted octanol–water partition coefficient (Wildman–Crippen LogP) is -0.442. The van der Waals surface area contributed by atoms with Crippen LogP contribution in [0, 0.1) is 5.41 Å². The molecule has 1 fully saturated rings. The molecule has 6 nitrogen and oxygen atoms in total. The van der Waals surface area contributed by atoms with Crippen molar-refractivity contribution in [2.75, 3.05) is 13.2 Å². The zero-order valence-electron chi connectivity index (χ0n) is 10.4. The van der Waals surface area contributed by atoms with Crippen molar-refractivity contribution >= 4 is 5.91 Å². The van der Waals surface area contributed by atoms with Gasteiger partial charge in [-0.1, -0.05) is 6.42 Å². The monoisotopic (exact) mass is 252 g/mol. The van der Waals surface area contributed by atoms with Crippen LogP contribution in [0.5, 0.6) is 0 Å². The molecule has 0 radical (unpaired) electrons. The van der Waals surface area contributed by atoms with Gasteiger partial charge in [0.05, 0.1) is 30.1 Å². The SMILES string of the molecule is NCC1(C(=O)NC(CO)Cc2c[nH]cn2)CCC1. The largest absolute Gasteiger partial charge is 0.394 e. The first-order valence-electron chi connectivity index (χ1n) is 6.30. The molecule has 2 rings (SSSR count). The molecule has 0 aliphatic heterocycles. The number of carbonyl (C=O) groups is 1. The van der Waals surface area contributed by atoms with Gasteiger partial charge < -0.3 is 21.1 Å². The number of H-pyrrole nitrogens is 1. The van der Waals surface area contributed by atoms with E-state index in [4.69, 9.17) is 5.73 Å². The first-order valence-corrected chi connectivity index (χ1v) is 6.30. The number of aliphatic hydroxyl groups excluding tert-OH is 1. The summed E-state index contributed by atoms with van der Waals surface area (Å²) in [6, 6.07) is -0.301. The highest BCUT2D eigenvalue weighted by Gasteiger charge is 2.43. The molecule has 1 amide bonds. The minimum absolute atomic E-state index is 0.0363. The Labute approximate surface area is 106 Å². The second-order valence-corrected chi connectivity index (χ2v) is 4.96. The third-order valence-electron chi connectivity index (χ3n) is 3.75. The van der Waals surface area contributed by atoms with E-state index in [9.17, 15) is 9.90 Å². The van der Waals surface area contributed by atoms with E-state index in [-0.39, 0.29) is 18.6 Å². The summed E-state index contributed by atoms with van der Waals surface area (Å²) in [5, 5.41) is 12.2. The van der Waals surface area contributed by atoms with E-state index in [1.165, 1.54) is 0 Å². The first-order chi connectivity index (χ1) is 8.70. The van der Waals surface area contributed by atoms with Gasteiger partial charge in [-0.25, -0.2) is 4.98 Å². The fourth-order valence-corrected chi connectivity index (χ4v) is 2.28. The van der Waals surface area contributed by atoms with E-state index >= 15 is 0 Å². The molecule has 0 aromatic carbocycles. The molecule has 1 heterocycles. The Morgan fingerprint density at radius 1 is 1.67 bits per heavy atom. The van der Waals surface area contributed by atoms with Gasteiger partial charge in [-0.3, -0.25) is 4.79 Å². The molecule has 6 heteroatoms. The van der Waals surface area contributed by atoms with Crippen LogP contribution in [0.4, 0.5) is 0 Å². The maximum atomic E-state index is 12.1. The summed E-state index contributed by atoms with van der Waals surface area (Å²) in [7, 11) is 0. The van der Waals surface area contributed by atoms with Gasteiger partial charge in [0.2, 0.25) is 5.91 Å². The van der Waals surface area contributed by atoms with Crippen LogP contribution in [0.25, 0.3) is 0 Å². The number of nitrogens with two attached hydrogens (primary N) is 1. The minimum atomic E-state index is -0.404. The number of hydrogen-bond donors (Lipinski definition) is 4. The van der Waals surface area contributed by atoms with Crippen LogP contribution in [0.3, 0.4) is 0 Å². The molecule has 1 unspecified atom stereocenters. The highest BCUT2D eigenvalue weighted by Crippen LogP contribution is 2.40. The summed E-state index contributed by atoms with van der Waals surface area (Å²) < 4.78 is 0. The number of aromatic nitrogens is 2. The van der Waals surface area contributed by atoms with Crippen molar-refractivity contribution in [1.29, 1.82) is 0 Å². The molecule has 1 aliphatic carbocycles. The van der Waals surface area contributed by atoms with Crippen LogP contribution < -0.4 is 11.1 Å². The molecule has 0 saturated heterocycles. The van der Waals surface area contributed by atoms with E-state index in [0.29, 0.717) is 13.0 Å². The van der Waals surface area contributed by atoms with Gasteiger partial charge in [-0.05, 0) is 12.8 Å². The molecular formula is C12H20N4O2. The summed E-state index contributed by atoms with van der Waals surface area (Å²) in [6.45, 7) is 0.276. The highest BCUT2D eigenvalue weighted by molar-refractivity contribution is 5.84. The van der Waals surface area contributed by atoms with E-state index < -0.39 is 5.41 Å². The van der Waals surface area contributed by atoms with Crippen LogP contribution in [-0.2, 0) is 11.2 Å². The molecule has 1 aromatic heterocycles. The van der Waals surface area contributed by atoms with Gasteiger partial charge in [0, 0.05) is 19.2 Å². The number of hydrogen-bond acceptors (Lipinski definition) is 4. The third-order valence-corrected chi connectivity index (χ3v) is 3.75.